The van der Waals surface area contributed by atoms with E-state index in [1.807, 2.05) is 55.8 Å². The van der Waals surface area contributed by atoms with Crippen molar-refractivity contribution in [1.29, 1.82) is 0 Å². The number of rotatable bonds is 3. The molecule has 2 rings (SSSR count). The molecule has 94 valence electrons. The Bertz CT molecular complexity index is 608. The molecule has 3 nitrogen and oxygen atoms in total. The molecule has 1 aromatic carbocycles. The lowest BCUT2D eigenvalue weighted by Crippen LogP contribution is -2.31. The second kappa shape index (κ2) is 4.69. The second-order valence-electron chi connectivity index (χ2n) is 4.71. The predicted molar refractivity (Wildman–Crippen MR) is 75.6 cm³/mol. The highest BCUT2D eigenvalue weighted by Crippen LogP contribution is 2.23. The van der Waals surface area contributed by atoms with E-state index in [1.165, 1.54) is 0 Å². The first-order valence-electron chi connectivity index (χ1n) is 6.06. The van der Waals surface area contributed by atoms with Gasteiger partial charge in [0.05, 0.1) is 5.52 Å². The SMILES string of the molecule is C=Cc1cccc2cc(C(=O)NC(C)C)n(C)c12. The number of fused-ring (bicyclic) bond motifs is 1. The molecule has 0 aliphatic rings. The van der Waals surface area contributed by atoms with Gasteiger partial charge in [-0.25, -0.2) is 0 Å². The van der Waals surface area contributed by atoms with E-state index in [4.69, 9.17) is 0 Å². The Morgan fingerprint density at radius 1 is 1.44 bits per heavy atom. The zero-order valence-corrected chi connectivity index (χ0v) is 11.0. The minimum atomic E-state index is -0.0429. The number of nitrogens with one attached hydrogen (secondary N) is 1. The largest absolute Gasteiger partial charge is 0.349 e. The highest BCUT2D eigenvalue weighted by atomic mass is 16.2. The van der Waals surface area contributed by atoms with E-state index in [-0.39, 0.29) is 11.9 Å². The summed E-state index contributed by atoms with van der Waals surface area (Å²) in [4.78, 5) is 12.1. The maximum atomic E-state index is 12.1. The maximum absolute atomic E-state index is 12.1. The first-order chi connectivity index (χ1) is 8.54. The van der Waals surface area contributed by atoms with Gasteiger partial charge in [0.1, 0.15) is 5.69 Å². The van der Waals surface area contributed by atoms with Crippen LogP contribution in [0.4, 0.5) is 0 Å². The molecular formula is C15H18N2O. The lowest BCUT2D eigenvalue weighted by Gasteiger charge is -2.09. The zero-order valence-electron chi connectivity index (χ0n) is 11.0. The van der Waals surface area contributed by atoms with E-state index in [1.54, 1.807) is 0 Å². The molecule has 18 heavy (non-hydrogen) atoms. The minimum Gasteiger partial charge on any atom is -0.349 e. The van der Waals surface area contributed by atoms with Gasteiger partial charge in [0, 0.05) is 18.5 Å². The number of hydrogen-bond donors (Lipinski definition) is 1. The Labute approximate surface area is 107 Å². The summed E-state index contributed by atoms with van der Waals surface area (Å²) in [5.41, 5.74) is 2.76. The van der Waals surface area contributed by atoms with Gasteiger partial charge in [-0.15, -0.1) is 0 Å². The number of carbonyl (C=O) groups is 1. The molecule has 1 heterocycles. The van der Waals surface area contributed by atoms with E-state index in [0.29, 0.717) is 5.69 Å². The van der Waals surface area contributed by atoms with Gasteiger partial charge in [-0.05, 0) is 25.5 Å². The molecule has 0 spiro atoms. The Kier molecular flexibility index (Phi) is 3.24. The lowest BCUT2D eigenvalue weighted by molar-refractivity contribution is 0.0935. The van der Waals surface area contributed by atoms with E-state index in [9.17, 15) is 4.79 Å². The van der Waals surface area contributed by atoms with Crippen LogP contribution in [0.25, 0.3) is 17.0 Å². The molecule has 0 atom stereocenters. The Balaban J connectivity index is 2.57. The quantitative estimate of drug-likeness (QED) is 0.882. The number of para-hydroxylation sites is 1. The van der Waals surface area contributed by atoms with E-state index in [2.05, 4.69) is 11.9 Å². The fraction of sp³-hybridized carbons (Fsp3) is 0.267. The number of aromatic nitrogens is 1. The van der Waals surface area contributed by atoms with E-state index >= 15 is 0 Å². The number of aryl methyl sites for hydroxylation is 1. The van der Waals surface area contributed by atoms with Crippen molar-refractivity contribution >= 4 is 22.9 Å². The van der Waals surface area contributed by atoms with Gasteiger partial charge in [-0.3, -0.25) is 4.79 Å². The molecule has 0 saturated carbocycles. The molecular weight excluding hydrogens is 224 g/mol. The molecule has 0 bridgehead atoms. The van der Waals surface area contributed by atoms with E-state index in [0.717, 1.165) is 16.5 Å². The molecule has 1 N–H and O–H groups in total. The zero-order chi connectivity index (χ0) is 13.3. The lowest BCUT2D eigenvalue weighted by atomic mass is 10.1. The van der Waals surface area contributed by atoms with Crippen LogP contribution in [0.15, 0.2) is 30.8 Å². The first kappa shape index (κ1) is 12.4. The summed E-state index contributed by atoms with van der Waals surface area (Å²) in [5.74, 6) is -0.0429. The molecule has 0 radical (unpaired) electrons. The van der Waals surface area contributed by atoms with Crippen LogP contribution in [0.3, 0.4) is 0 Å². The first-order valence-corrected chi connectivity index (χ1v) is 6.06. The van der Waals surface area contributed by atoms with Crippen molar-refractivity contribution in [3.63, 3.8) is 0 Å². The van der Waals surface area contributed by atoms with Crippen LogP contribution >= 0.6 is 0 Å². The van der Waals surface area contributed by atoms with Crippen molar-refractivity contribution < 1.29 is 4.79 Å². The third kappa shape index (κ3) is 2.04. The molecule has 1 amide bonds. The van der Waals surface area contributed by atoms with Crippen LogP contribution in [-0.4, -0.2) is 16.5 Å². The average molecular weight is 242 g/mol. The van der Waals surface area contributed by atoms with Gasteiger partial charge >= 0.3 is 0 Å². The topological polar surface area (TPSA) is 34.0 Å². The molecule has 0 aliphatic carbocycles. The number of nitrogens with zero attached hydrogens (tertiary/aromatic N) is 1. The Morgan fingerprint density at radius 2 is 2.17 bits per heavy atom. The normalized spacial score (nSPS) is 10.9. The molecule has 0 aliphatic heterocycles. The summed E-state index contributed by atoms with van der Waals surface area (Å²) < 4.78 is 1.92. The van der Waals surface area contributed by atoms with Crippen LogP contribution in [-0.2, 0) is 7.05 Å². The highest BCUT2D eigenvalue weighted by molar-refractivity contribution is 6.00. The van der Waals surface area contributed by atoms with Gasteiger partial charge in [0.25, 0.3) is 5.91 Å². The molecule has 1 aromatic heterocycles. The summed E-state index contributed by atoms with van der Waals surface area (Å²) in [6, 6.07) is 8.03. The monoisotopic (exact) mass is 242 g/mol. The van der Waals surface area contributed by atoms with Crippen LogP contribution in [0.5, 0.6) is 0 Å². The highest BCUT2D eigenvalue weighted by Gasteiger charge is 2.14. The van der Waals surface area contributed by atoms with Gasteiger partial charge in [0.15, 0.2) is 0 Å². The minimum absolute atomic E-state index is 0.0429. The van der Waals surface area contributed by atoms with Crippen molar-refractivity contribution in [2.24, 2.45) is 7.05 Å². The third-order valence-electron chi connectivity index (χ3n) is 2.96. The van der Waals surface area contributed by atoms with Crippen LogP contribution in [0, 0.1) is 0 Å². The molecule has 3 heteroatoms. The van der Waals surface area contributed by atoms with Crippen LogP contribution in [0.1, 0.15) is 29.9 Å². The number of hydrogen-bond acceptors (Lipinski definition) is 1. The van der Waals surface area contributed by atoms with Crippen molar-refractivity contribution in [2.75, 3.05) is 0 Å². The van der Waals surface area contributed by atoms with Crippen LogP contribution in [0.2, 0.25) is 0 Å². The summed E-state index contributed by atoms with van der Waals surface area (Å²) in [6.45, 7) is 7.72. The number of amides is 1. The maximum Gasteiger partial charge on any atom is 0.268 e. The Morgan fingerprint density at radius 3 is 2.78 bits per heavy atom. The predicted octanol–water partition coefficient (Wildman–Crippen LogP) is 2.96. The van der Waals surface area contributed by atoms with Crippen molar-refractivity contribution in [3.05, 3.63) is 42.1 Å². The average Bonchev–Trinajstić information content (AvgIpc) is 2.66. The smallest absolute Gasteiger partial charge is 0.268 e. The van der Waals surface area contributed by atoms with Crippen molar-refractivity contribution in [3.8, 4) is 0 Å². The fourth-order valence-electron chi connectivity index (χ4n) is 2.17. The van der Waals surface area contributed by atoms with Crippen molar-refractivity contribution in [2.45, 2.75) is 19.9 Å². The van der Waals surface area contributed by atoms with E-state index < -0.39 is 0 Å². The summed E-state index contributed by atoms with van der Waals surface area (Å²) in [7, 11) is 1.91. The second-order valence-corrected chi connectivity index (χ2v) is 4.71. The van der Waals surface area contributed by atoms with Gasteiger partial charge in [-0.2, -0.15) is 0 Å². The molecule has 2 aromatic rings. The van der Waals surface area contributed by atoms with Crippen molar-refractivity contribution in [1.82, 2.24) is 9.88 Å². The van der Waals surface area contributed by atoms with Gasteiger partial charge in [0.2, 0.25) is 0 Å². The van der Waals surface area contributed by atoms with Gasteiger partial charge < -0.3 is 9.88 Å². The standard InChI is InChI=1S/C15H18N2O/c1-5-11-7-6-8-12-9-13(17(4)14(11)12)15(18)16-10(2)3/h5-10H,1H2,2-4H3,(H,16,18). The number of carbonyl (C=O) groups excluding carboxylic acids is 1. The summed E-state index contributed by atoms with van der Waals surface area (Å²) in [5, 5.41) is 3.97. The molecule has 0 saturated heterocycles. The summed E-state index contributed by atoms with van der Waals surface area (Å²) in [6.07, 6.45) is 1.81. The fourth-order valence-corrected chi connectivity index (χ4v) is 2.17. The molecule has 0 fully saturated rings. The number of benzene rings is 1. The Hall–Kier alpha value is -2.03. The molecule has 0 unspecified atom stereocenters. The van der Waals surface area contributed by atoms with Gasteiger partial charge in [-0.1, -0.05) is 30.9 Å². The summed E-state index contributed by atoms with van der Waals surface area (Å²) >= 11 is 0. The van der Waals surface area contributed by atoms with Crippen LogP contribution < -0.4 is 5.32 Å². The third-order valence-corrected chi connectivity index (χ3v) is 2.96.